The molecule has 1 heteroatoms. The van der Waals surface area contributed by atoms with Crippen LogP contribution in [-0.2, 0) is 0 Å². The topological polar surface area (TPSA) is 12.0 Å². The minimum Gasteiger partial charge on any atom is -0.387 e. The largest absolute Gasteiger partial charge is 0.387 e. The van der Waals surface area contributed by atoms with Gasteiger partial charge in [-0.2, -0.15) is 0 Å². The molecule has 0 amide bonds. The van der Waals surface area contributed by atoms with E-state index in [-0.39, 0.29) is 0 Å². The molecule has 0 radical (unpaired) electrons. The minimum atomic E-state index is 0.810. The van der Waals surface area contributed by atoms with Crippen LogP contribution in [0.3, 0.4) is 0 Å². The van der Waals surface area contributed by atoms with Gasteiger partial charge in [-0.3, -0.25) is 0 Å². The van der Waals surface area contributed by atoms with Gasteiger partial charge in [0.2, 0.25) is 0 Å². The van der Waals surface area contributed by atoms with Crippen LogP contribution in [0.15, 0.2) is 36.6 Å². The van der Waals surface area contributed by atoms with Crippen LogP contribution in [0.2, 0.25) is 0 Å². The van der Waals surface area contributed by atoms with Gasteiger partial charge in [0.15, 0.2) is 0 Å². The Morgan fingerprint density at radius 3 is 2.50 bits per heavy atom. The van der Waals surface area contributed by atoms with Gasteiger partial charge in [-0.15, -0.1) is 6.58 Å². The Morgan fingerprint density at radius 2 is 2.10 bits per heavy atom. The quantitative estimate of drug-likeness (QED) is 0.356. The van der Waals surface area contributed by atoms with E-state index in [1.54, 1.807) is 0 Å². The summed E-state index contributed by atoms with van der Waals surface area (Å²) in [6.07, 6.45) is 3.77. The molecule has 0 unspecified atom stereocenters. The third-order valence-electron chi connectivity index (χ3n) is 1.25. The van der Waals surface area contributed by atoms with Crippen LogP contribution in [0.25, 0.3) is 0 Å². The average molecular weight is 137 g/mol. The highest BCUT2D eigenvalue weighted by atomic mass is 14.8. The fourth-order valence-corrected chi connectivity index (χ4v) is 0.419. The normalized spacial score (nSPS) is 10.8. The minimum absolute atomic E-state index is 0.810. The molecule has 0 atom stereocenters. The number of hydrogen-bond donors (Lipinski definition) is 1. The van der Waals surface area contributed by atoms with Crippen molar-refractivity contribution in [2.24, 2.45) is 0 Å². The van der Waals surface area contributed by atoms with Gasteiger partial charge in [-0.25, -0.2) is 0 Å². The summed E-state index contributed by atoms with van der Waals surface area (Å²) >= 11 is 0. The molecule has 1 nitrogen and oxygen atoms in total. The Labute approximate surface area is 63.1 Å². The number of nitrogens with one attached hydrogen (secondary N) is 1. The van der Waals surface area contributed by atoms with Gasteiger partial charge < -0.3 is 5.32 Å². The van der Waals surface area contributed by atoms with Gasteiger partial charge >= 0.3 is 0 Å². The Bertz CT molecular complexity index is 154. The molecule has 0 saturated carbocycles. The number of rotatable bonds is 4. The second-order valence-electron chi connectivity index (χ2n) is 2.30. The summed E-state index contributed by atoms with van der Waals surface area (Å²) in [5.41, 5.74) is 2.28. The number of allylic oxidation sites excluding steroid dienone is 2. The van der Waals surface area contributed by atoms with Crippen molar-refractivity contribution in [2.45, 2.75) is 13.8 Å². The molecule has 0 fully saturated rings. The average Bonchev–Trinajstić information content (AvgIpc) is 1.88. The molecular formula is C9H15N. The maximum absolute atomic E-state index is 3.80. The van der Waals surface area contributed by atoms with E-state index < -0.39 is 0 Å². The fraction of sp³-hybridized carbons (Fsp3) is 0.333. The van der Waals surface area contributed by atoms with E-state index in [1.165, 1.54) is 5.57 Å². The zero-order chi connectivity index (χ0) is 7.98. The summed E-state index contributed by atoms with van der Waals surface area (Å²) in [5.74, 6) is 0. The molecule has 0 aromatic rings. The van der Waals surface area contributed by atoms with E-state index in [4.69, 9.17) is 0 Å². The molecule has 1 N–H and O–H groups in total. The Kier molecular flexibility index (Phi) is 4.38. The smallest absolute Gasteiger partial charge is 0.0322 e. The molecule has 0 aliphatic heterocycles. The van der Waals surface area contributed by atoms with E-state index in [0.717, 1.165) is 12.1 Å². The van der Waals surface area contributed by atoms with Crippen LogP contribution >= 0.6 is 0 Å². The number of hydrogen-bond acceptors (Lipinski definition) is 1. The summed E-state index contributed by atoms with van der Waals surface area (Å²) in [7, 11) is 0. The second-order valence-corrected chi connectivity index (χ2v) is 2.30. The van der Waals surface area contributed by atoms with Gasteiger partial charge in [-0.05, 0) is 25.6 Å². The van der Waals surface area contributed by atoms with Crippen molar-refractivity contribution in [1.82, 2.24) is 5.32 Å². The second kappa shape index (κ2) is 4.86. The Morgan fingerprint density at radius 1 is 1.50 bits per heavy atom. The summed E-state index contributed by atoms with van der Waals surface area (Å²) in [6.45, 7) is 12.2. The van der Waals surface area contributed by atoms with Crippen LogP contribution in [0.1, 0.15) is 13.8 Å². The monoisotopic (exact) mass is 137 g/mol. The van der Waals surface area contributed by atoms with Crippen molar-refractivity contribution < 1.29 is 0 Å². The molecule has 0 aliphatic carbocycles. The molecule has 0 saturated heterocycles. The first-order chi connectivity index (χ1) is 4.68. The lowest BCUT2D eigenvalue weighted by Crippen LogP contribution is -2.04. The molecule has 0 aromatic carbocycles. The summed E-state index contributed by atoms with van der Waals surface area (Å²) in [6, 6.07) is 0. The van der Waals surface area contributed by atoms with E-state index in [2.05, 4.69) is 18.5 Å². The fourth-order valence-electron chi connectivity index (χ4n) is 0.419. The highest BCUT2D eigenvalue weighted by Gasteiger charge is 1.85. The molecule has 0 heterocycles. The van der Waals surface area contributed by atoms with E-state index >= 15 is 0 Å². The molecule has 0 aliphatic rings. The lowest BCUT2D eigenvalue weighted by atomic mass is 10.2. The molecule has 56 valence electrons. The van der Waals surface area contributed by atoms with Crippen molar-refractivity contribution in [3.8, 4) is 0 Å². The zero-order valence-electron chi connectivity index (χ0n) is 6.78. The SMILES string of the molecule is C=CCN/C=C(/C)C(=C)C. The van der Waals surface area contributed by atoms with Crippen LogP contribution in [0.5, 0.6) is 0 Å². The van der Waals surface area contributed by atoms with Gasteiger partial charge in [0.1, 0.15) is 0 Å². The van der Waals surface area contributed by atoms with E-state index in [9.17, 15) is 0 Å². The van der Waals surface area contributed by atoms with Crippen molar-refractivity contribution in [1.29, 1.82) is 0 Å². The van der Waals surface area contributed by atoms with E-state index in [0.29, 0.717) is 0 Å². The van der Waals surface area contributed by atoms with Gasteiger partial charge in [-0.1, -0.05) is 18.2 Å². The summed E-state index contributed by atoms with van der Waals surface area (Å²) < 4.78 is 0. The van der Waals surface area contributed by atoms with Crippen molar-refractivity contribution >= 4 is 0 Å². The van der Waals surface area contributed by atoms with Crippen molar-refractivity contribution in [3.05, 3.63) is 36.6 Å². The maximum atomic E-state index is 3.80. The first-order valence-corrected chi connectivity index (χ1v) is 3.35. The van der Waals surface area contributed by atoms with Crippen LogP contribution in [0.4, 0.5) is 0 Å². The predicted octanol–water partition coefficient (Wildman–Crippen LogP) is 2.24. The standard InChI is InChI=1S/C9H15N/c1-5-6-10-7-9(4)8(2)3/h5,7,10H,1-2,6H2,3-4H3/b9-7-. The molecule has 0 bridgehead atoms. The first-order valence-electron chi connectivity index (χ1n) is 3.35. The molecule has 0 aromatic heterocycles. The molecular weight excluding hydrogens is 122 g/mol. The van der Waals surface area contributed by atoms with Gasteiger partial charge in [0.05, 0.1) is 0 Å². The molecule has 10 heavy (non-hydrogen) atoms. The van der Waals surface area contributed by atoms with Crippen molar-refractivity contribution in [2.75, 3.05) is 6.54 Å². The Balaban J connectivity index is 3.68. The van der Waals surface area contributed by atoms with Crippen molar-refractivity contribution in [3.63, 3.8) is 0 Å². The van der Waals surface area contributed by atoms with Gasteiger partial charge in [0.25, 0.3) is 0 Å². The van der Waals surface area contributed by atoms with Crippen LogP contribution in [0, 0.1) is 0 Å². The predicted molar refractivity (Wildman–Crippen MR) is 46.8 cm³/mol. The lowest BCUT2D eigenvalue weighted by Gasteiger charge is -1.99. The summed E-state index contributed by atoms with van der Waals surface area (Å²) in [4.78, 5) is 0. The maximum Gasteiger partial charge on any atom is 0.0322 e. The Hall–Kier alpha value is -0.980. The third-order valence-corrected chi connectivity index (χ3v) is 1.25. The highest BCUT2D eigenvalue weighted by Crippen LogP contribution is 2.01. The molecule has 0 spiro atoms. The summed E-state index contributed by atoms with van der Waals surface area (Å²) in [5, 5.41) is 3.08. The van der Waals surface area contributed by atoms with Crippen LogP contribution < -0.4 is 5.32 Å². The first kappa shape index (κ1) is 9.02. The van der Waals surface area contributed by atoms with Gasteiger partial charge in [0, 0.05) is 6.54 Å². The molecule has 0 rings (SSSR count). The van der Waals surface area contributed by atoms with E-state index in [1.807, 2.05) is 26.1 Å². The highest BCUT2D eigenvalue weighted by molar-refractivity contribution is 5.22. The third kappa shape index (κ3) is 3.96. The van der Waals surface area contributed by atoms with Crippen LogP contribution in [-0.4, -0.2) is 6.54 Å². The zero-order valence-corrected chi connectivity index (χ0v) is 6.78. The lowest BCUT2D eigenvalue weighted by molar-refractivity contribution is 0.972.